The number of furan rings is 1. The third-order valence-electron chi connectivity index (χ3n) is 5.11. The summed E-state index contributed by atoms with van der Waals surface area (Å²) in [7, 11) is 0. The van der Waals surface area contributed by atoms with Crippen LogP contribution in [0.15, 0.2) is 47.1 Å². The Morgan fingerprint density at radius 2 is 2.04 bits per heavy atom. The fraction of sp³-hybridized carbons (Fsp3) is 0.400. The Labute approximate surface area is 158 Å². The molecule has 1 aliphatic rings. The van der Waals surface area contributed by atoms with E-state index in [4.69, 9.17) is 4.42 Å². The smallest absolute Gasteiger partial charge is 0.227 e. The molecule has 27 heavy (non-hydrogen) atoms. The molecule has 1 fully saturated rings. The highest BCUT2D eigenvalue weighted by Gasteiger charge is 2.28. The van der Waals surface area contributed by atoms with Gasteiger partial charge in [0.05, 0.1) is 24.4 Å². The number of benzene rings is 1. The Morgan fingerprint density at radius 3 is 2.74 bits per heavy atom. The van der Waals surface area contributed by atoms with Crippen LogP contribution in [0.1, 0.15) is 48.9 Å². The first kappa shape index (κ1) is 17.5. The lowest BCUT2D eigenvalue weighted by molar-refractivity contribution is -0.133. The summed E-state index contributed by atoms with van der Waals surface area (Å²) in [5.41, 5.74) is 1.87. The lowest BCUT2D eigenvalue weighted by Gasteiger charge is -2.28. The second-order valence-electron chi connectivity index (χ2n) is 6.95. The summed E-state index contributed by atoms with van der Waals surface area (Å²) >= 11 is 0. The van der Waals surface area contributed by atoms with E-state index in [9.17, 15) is 4.79 Å². The average molecular weight is 365 g/mol. The van der Waals surface area contributed by atoms with Gasteiger partial charge in [-0.25, -0.2) is 0 Å². The summed E-state index contributed by atoms with van der Waals surface area (Å²) in [6.45, 7) is 2.64. The zero-order valence-electron chi connectivity index (χ0n) is 15.4. The SMILES string of the molecule is Cc1nnnn1-c1ccc(CC(=O)N2CCCCC[C@@H]2c2ccco2)cc1. The summed E-state index contributed by atoms with van der Waals surface area (Å²) in [4.78, 5) is 15.0. The Bertz CT molecular complexity index is 886. The second-order valence-corrected chi connectivity index (χ2v) is 6.95. The van der Waals surface area contributed by atoms with Gasteiger partial charge in [0.25, 0.3) is 0 Å². The van der Waals surface area contributed by atoms with Gasteiger partial charge in [-0.3, -0.25) is 4.79 Å². The van der Waals surface area contributed by atoms with Crippen LogP contribution in [0.4, 0.5) is 0 Å². The molecule has 0 N–H and O–H groups in total. The molecule has 1 atom stereocenters. The van der Waals surface area contributed by atoms with Crippen molar-refractivity contribution in [3.63, 3.8) is 0 Å². The molecule has 3 aromatic rings. The van der Waals surface area contributed by atoms with Crippen LogP contribution in [-0.4, -0.2) is 37.6 Å². The summed E-state index contributed by atoms with van der Waals surface area (Å²) in [5.74, 6) is 1.75. The fourth-order valence-electron chi connectivity index (χ4n) is 3.68. The van der Waals surface area contributed by atoms with Crippen LogP contribution in [-0.2, 0) is 11.2 Å². The maximum Gasteiger partial charge on any atom is 0.227 e. The van der Waals surface area contributed by atoms with Crippen molar-refractivity contribution < 1.29 is 9.21 Å². The van der Waals surface area contributed by atoms with Gasteiger partial charge in [-0.05, 0) is 60.0 Å². The van der Waals surface area contributed by atoms with Gasteiger partial charge in [0.2, 0.25) is 5.91 Å². The van der Waals surface area contributed by atoms with Crippen LogP contribution in [0.2, 0.25) is 0 Å². The van der Waals surface area contributed by atoms with Gasteiger partial charge in [0.1, 0.15) is 5.76 Å². The van der Waals surface area contributed by atoms with Crippen molar-refractivity contribution in [2.75, 3.05) is 6.54 Å². The summed E-state index contributed by atoms with van der Waals surface area (Å²) in [5, 5.41) is 11.5. The molecular formula is C20H23N5O2. The standard InChI is InChI=1S/C20H23N5O2/c1-15-21-22-23-25(15)17-10-8-16(9-11-17)14-20(26)24-12-4-2-3-6-18(24)19-7-5-13-27-19/h5,7-11,13,18H,2-4,6,12,14H2,1H3/t18-/m1/s1. The molecular weight excluding hydrogens is 342 g/mol. The molecule has 7 heteroatoms. The molecule has 0 radical (unpaired) electrons. The van der Waals surface area contributed by atoms with Crippen molar-refractivity contribution in [1.82, 2.24) is 25.1 Å². The van der Waals surface area contributed by atoms with Gasteiger partial charge in [-0.15, -0.1) is 5.10 Å². The van der Waals surface area contributed by atoms with Crippen molar-refractivity contribution in [3.8, 4) is 5.69 Å². The number of rotatable bonds is 4. The molecule has 0 unspecified atom stereocenters. The topological polar surface area (TPSA) is 77.1 Å². The van der Waals surface area contributed by atoms with E-state index < -0.39 is 0 Å². The van der Waals surface area contributed by atoms with E-state index in [0.29, 0.717) is 6.42 Å². The van der Waals surface area contributed by atoms with E-state index in [2.05, 4.69) is 15.5 Å². The highest BCUT2D eigenvalue weighted by Crippen LogP contribution is 2.31. The molecule has 2 aromatic heterocycles. The molecule has 4 rings (SSSR count). The first-order chi connectivity index (χ1) is 13.2. The number of tetrazole rings is 1. The van der Waals surface area contributed by atoms with Gasteiger partial charge >= 0.3 is 0 Å². The zero-order chi connectivity index (χ0) is 18.6. The molecule has 0 saturated carbocycles. The van der Waals surface area contributed by atoms with E-state index in [1.807, 2.05) is 48.2 Å². The van der Waals surface area contributed by atoms with Crippen molar-refractivity contribution in [1.29, 1.82) is 0 Å². The Kier molecular flexibility index (Phi) is 5.00. The number of aryl methyl sites for hydroxylation is 1. The first-order valence-corrected chi connectivity index (χ1v) is 9.39. The lowest BCUT2D eigenvalue weighted by atomic mass is 10.1. The molecule has 1 aliphatic heterocycles. The summed E-state index contributed by atoms with van der Waals surface area (Å²) < 4.78 is 7.29. The summed E-state index contributed by atoms with van der Waals surface area (Å²) in [6.07, 6.45) is 6.34. The number of carbonyl (C=O) groups is 1. The van der Waals surface area contributed by atoms with E-state index in [0.717, 1.165) is 55.1 Å². The van der Waals surface area contributed by atoms with Crippen LogP contribution in [0.3, 0.4) is 0 Å². The van der Waals surface area contributed by atoms with Gasteiger partial charge in [-0.1, -0.05) is 25.0 Å². The molecule has 1 aromatic carbocycles. The van der Waals surface area contributed by atoms with Crippen LogP contribution >= 0.6 is 0 Å². The van der Waals surface area contributed by atoms with Crippen LogP contribution in [0, 0.1) is 6.92 Å². The normalized spacial score (nSPS) is 17.7. The van der Waals surface area contributed by atoms with Gasteiger partial charge in [0, 0.05) is 6.54 Å². The number of hydrogen-bond donors (Lipinski definition) is 0. The van der Waals surface area contributed by atoms with Crippen molar-refractivity contribution in [2.45, 2.75) is 45.1 Å². The average Bonchev–Trinajstić information content (AvgIpc) is 3.29. The number of hydrogen-bond acceptors (Lipinski definition) is 5. The minimum atomic E-state index is 0.0399. The van der Waals surface area contributed by atoms with Crippen LogP contribution in [0.25, 0.3) is 5.69 Å². The van der Waals surface area contributed by atoms with Gasteiger partial charge in [0.15, 0.2) is 5.82 Å². The highest BCUT2D eigenvalue weighted by atomic mass is 16.3. The molecule has 7 nitrogen and oxygen atoms in total. The number of nitrogens with zero attached hydrogens (tertiary/aromatic N) is 5. The minimum absolute atomic E-state index is 0.0399. The summed E-state index contributed by atoms with van der Waals surface area (Å²) in [6, 6.07) is 11.7. The maximum absolute atomic E-state index is 13.0. The van der Waals surface area contributed by atoms with Gasteiger partial charge in [-0.2, -0.15) is 4.68 Å². The maximum atomic E-state index is 13.0. The molecule has 1 amide bonds. The molecule has 0 aliphatic carbocycles. The monoisotopic (exact) mass is 365 g/mol. The van der Waals surface area contributed by atoms with E-state index >= 15 is 0 Å². The third-order valence-corrected chi connectivity index (χ3v) is 5.11. The molecule has 0 bridgehead atoms. The number of likely N-dealkylation sites (tertiary alicyclic amines) is 1. The number of amides is 1. The van der Waals surface area contributed by atoms with E-state index in [1.165, 1.54) is 0 Å². The van der Waals surface area contributed by atoms with E-state index in [-0.39, 0.29) is 11.9 Å². The third kappa shape index (κ3) is 3.77. The Hall–Kier alpha value is -2.96. The van der Waals surface area contributed by atoms with E-state index in [1.54, 1.807) is 10.9 Å². The first-order valence-electron chi connectivity index (χ1n) is 9.39. The predicted molar refractivity (Wildman–Crippen MR) is 99.2 cm³/mol. The Morgan fingerprint density at radius 1 is 1.19 bits per heavy atom. The zero-order valence-corrected chi connectivity index (χ0v) is 15.4. The molecule has 3 heterocycles. The predicted octanol–water partition coefficient (Wildman–Crippen LogP) is 3.25. The number of carbonyl (C=O) groups excluding carboxylic acids is 1. The fourth-order valence-corrected chi connectivity index (χ4v) is 3.68. The second kappa shape index (κ2) is 7.73. The largest absolute Gasteiger partial charge is 0.467 e. The lowest BCUT2D eigenvalue weighted by Crippen LogP contribution is -2.35. The minimum Gasteiger partial charge on any atom is -0.467 e. The molecule has 0 spiro atoms. The van der Waals surface area contributed by atoms with Crippen molar-refractivity contribution in [3.05, 3.63) is 59.8 Å². The molecule has 140 valence electrons. The van der Waals surface area contributed by atoms with Crippen molar-refractivity contribution in [2.24, 2.45) is 0 Å². The quantitative estimate of drug-likeness (QED) is 0.709. The molecule has 1 saturated heterocycles. The van der Waals surface area contributed by atoms with Crippen molar-refractivity contribution >= 4 is 5.91 Å². The highest BCUT2D eigenvalue weighted by molar-refractivity contribution is 5.79. The van der Waals surface area contributed by atoms with Gasteiger partial charge < -0.3 is 9.32 Å². The number of aromatic nitrogens is 4. The van der Waals surface area contributed by atoms with Crippen LogP contribution < -0.4 is 0 Å². The Balaban J connectivity index is 1.49. The van der Waals surface area contributed by atoms with Crippen LogP contribution in [0.5, 0.6) is 0 Å².